The van der Waals surface area contributed by atoms with Crippen LogP contribution in [-0.2, 0) is 24.3 Å². The number of esters is 1. The van der Waals surface area contributed by atoms with Crippen LogP contribution in [0.3, 0.4) is 0 Å². The molecular formula is C23H21N5O3. The fraction of sp³-hybridized carbons (Fsp3) is 0.304. The molecule has 2 aliphatic heterocycles. The third kappa shape index (κ3) is 3.38. The summed E-state index contributed by atoms with van der Waals surface area (Å²) in [6.45, 7) is 4.18. The highest BCUT2D eigenvalue weighted by atomic mass is 16.5. The molecule has 2 aromatic heterocycles. The average molecular weight is 415 g/mol. The Bertz CT molecular complexity index is 1210. The number of ether oxygens (including phenoxy) is 1. The molecule has 31 heavy (non-hydrogen) atoms. The molecule has 0 spiro atoms. The van der Waals surface area contributed by atoms with Gasteiger partial charge in [0.1, 0.15) is 12.7 Å². The van der Waals surface area contributed by atoms with E-state index in [0.717, 1.165) is 40.9 Å². The van der Waals surface area contributed by atoms with Gasteiger partial charge < -0.3 is 9.84 Å². The summed E-state index contributed by atoms with van der Waals surface area (Å²) in [5, 5.41) is 24.3. The zero-order valence-electron chi connectivity index (χ0n) is 17.1. The number of fused-ring (bicyclic) bond motifs is 2. The largest absolute Gasteiger partial charge is 0.457 e. The number of aliphatic hydroxyl groups is 1. The van der Waals surface area contributed by atoms with Gasteiger partial charge in [0.25, 0.3) is 0 Å². The van der Waals surface area contributed by atoms with Crippen molar-refractivity contribution in [2.75, 3.05) is 13.1 Å². The van der Waals surface area contributed by atoms with Crippen molar-refractivity contribution in [2.24, 2.45) is 0 Å². The first-order valence-electron chi connectivity index (χ1n) is 10.2. The van der Waals surface area contributed by atoms with E-state index >= 15 is 0 Å². The topological polar surface area (TPSA) is 104 Å². The molecule has 1 N–H and O–H groups in total. The van der Waals surface area contributed by atoms with Crippen molar-refractivity contribution >= 4 is 5.97 Å². The second-order valence-electron chi connectivity index (χ2n) is 7.93. The molecule has 0 radical (unpaired) electrons. The third-order valence-electron chi connectivity index (χ3n) is 6.11. The maximum absolute atomic E-state index is 11.7. The van der Waals surface area contributed by atoms with E-state index in [-0.39, 0.29) is 12.6 Å². The van der Waals surface area contributed by atoms with Crippen molar-refractivity contribution in [1.29, 1.82) is 5.26 Å². The van der Waals surface area contributed by atoms with E-state index < -0.39 is 6.10 Å². The van der Waals surface area contributed by atoms with Gasteiger partial charge in [-0.1, -0.05) is 6.07 Å². The van der Waals surface area contributed by atoms with Crippen LogP contribution >= 0.6 is 0 Å². The number of carbonyl (C=O) groups is 1. The molecule has 8 nitrogen and oxygen atoms in total. The minimum absolute atomic E-state index is 0.274. The van der Waals surface area contributed by atoms with Crippen LogP contribution < -0.4 is 0 Å². The van der Waals surface area contributed by atoms with Crippen molar-refractivity contribution in [3.63, 3.8) is 0 Å². The number of aromatic nitrogens is 3. The molecule has 2 aliphatic rings. The molecular weight excluding hydrogens is 394 g/mol. The number of rotatable bonds is 4. The normalized spacial score (nSPS) is 16.4. The van der Waals surface area contributed by atoms with E-state index in [0.29, 0.717) is 30.0 Å². The van der Waals surface area contributed by atoms with Crippen LogP contribution in [0.15, 0.2) is 36.7 Å². The van der Waals surface area contributed by atoms with Crippen molar-refractivity contribution in [3.05, 3.63) is 75.7 Å². The highest BCUT2D eigenvalue weighted by Crippen LogP contribution is 2.30. The maximum Gasteiger partial charge on any atom is 0.338 e. The number of benzene rings is 1. The van der Waals surface area contributed by atoms with E-state index in [9.17, 15) is 9.90 Å². The van der Waals surface area contributed by atoms with Crippen molar-refractivity contribution in [2.45, 2.75) is 32.6 Å². The molecule has 0 amide bonds. The van der Waals surface area contributed by atoms with Gasteiger partial charge >= 0.3 is 5.97 Å². The summed E-state index contributed by atoms with van der Waals surface area (Å²) in [7, 11) is 0. The summed E-state index contributed by atoms with van der Waals surface area (Å²) in [5.74, 6) is 0.399. The molecule has 1 atom stereocenters. The van der Waals surface area contributed by atoms with Crippen LogP contribution in [0.25, 0.3) is 5.82 Å². The number of aliphatic hydroxyl groups excluding tert-OH is 1. The average Bonchev–Trinajstić information content (AvgIpc) is 3.38. The molecule has 0 saturated heterocycles. The fourth-order valence-corrected chi connectivity index (χ4v) is 4.39. The first-order valence-corrected chi connectivity index (χ1v) is 10.2. The minimum Gasteiger partial charge on any atom is -0.457 e. The number of nitrogens with zero attached hydrogens (tertiary/aromatic N) is 5. The van der Waals surface area contributed by atoms with Gasteiger partial charge in [-0.3, -0.25) is 4.90 Å². The van der Waals surface area contributed by atoms with E-state index in [4.69, 9.17) is 10.00 Å². The Kier molecular flexibility index (Phi) is 4.77. The molecule has 0 unspecified atom stereocenters. The maximum atomic E-state index is 11.7. The predicted octanol–water partition coefficient (Wildman–Crippen LogP) is 2.21. The van der Waals surface area contributed by atoms with Gasteiger partial charge in [-0.25, -0.2) is 14.5 Å². The minimum atomic E-state index is -0.655. The molecule has 8 heteroatoms. The number of hydrogen-bond donors (Lipinski definition) is 1. The number of hydrogen-bond acceptors (Lipinski definition) is 7. The number of pyridine rings is 1. The van der Waals surface area contributed by atoms with Crippen LogP contribution in [0, 0.1) is 18.3 Å². The Labute approximate surface area is 179 Å². The molecule has 3 aromatic rings. The Balaban J connectivity index is 1.31. The Morgan fingerprint density at radius 2 is 2.16 bits per heavy atom. The van der Waals surface area contributed by atoms with Crippen LogP contribution in [0.2, 0.25) is 0 Å². The summed E-state index contributed by atoms with van der Waals surface area (Å²) >= 11 is 0. The molecule has 5 rings (SSSR count). The lowest BCUT2D eigenvalue weighted by atomic mass is 9.95. The van der Waals surface area contributed by atoms with Gasteiger partial charge in [-0.15, -0.1) is 0 Å². The number of carbonyl (C=O) groups excluding carboxylic acids is 1. The first-order chi connectivity index (χ1) is 15.0. The lowest BCUT2D eigenvalue weighted by molar-refractivity contribution is 0.0535. The monoisotopic (exact) mass is 415 g/mol. The second-order valence-corrected chi connectivity index (χ2v) is 7.93. The van der Waals surface area contributed by atoms with Gasteiger partial charge in [0.05, 0.1) is 29.1 Å². The molecule has 0 saturated carbocycles. The van der Waals surface area contributed by atoms with Crippen LogP contribution in [0.5, 0.6) is 0 Å². The molecule has 156 valence electrons. The summed E-state index contributed by atoms with van der Waals surface area (Å²) in [6.07, 6.45) is 3.52. The zero-order valence-corrected chi connectivity index (χ0v) is 17.1. The molecule has 0 fully saturated rings. The van der Waals surface area contributed by atoms with E-state index in [1.165, 1.54) is 0 Å². The molecule has 0 aliphatic carbocycles. The zero-order chi connectivity index (χ0) is 21.5. The third-order valence-corrected chi connectivity index (χ3v) is 6.11. The summed E-state index contributed by atoms with van der Waals surface area (Å²) in [6, 6.07) is 9.18. The van der Waals surface area contributed by atoms with Gasteiger partial charge in [0, 0.05) is 43.4 Å². The van der Waals surface area contributed by atoms with Gasteiger partial charge in [0.2, 0.25) is 0 Å². The quantitative estimate of drug-likeness (QED) is 0.652. The van der Waals surface area contributed by atoms with E-state index in [1.54, 1.807) is 24.4 Å². The summed E-state index contributed by atoms with van der Waals surface area (Å²) in [4.78, 5) is 18.3. The van der Waals surface area contributed by atoms with Crippen molar-refractivity contribution < 1.29 is 14.6 Å². The Hall–Kier alpha value is -3.54. The highest BCUT2D eigenvalue weighted by Gasteiger charge is 2.28. The van der Waals surface area contributed by atoms with Crippen molar-refractivity contribution in [3.8, 4) is 11.9 Å². The molecule has 4 heterocycles. The fourth-order valence-electron chi connectivity index (χ4n) is 4.39. The number of nitriles is 1. The number of β-amino-alcohol motifs (C(OH)–C–C–N with tert-alkyl or cyclic N) is 1. The van der Waals surface area contributed by atoms with Crippen LogP contribution in [0.4, 0.5) is 0 Å². The van der Waals surface area contributed by atoms with Gasteiger partial charge in [0.15, 0.2) is 5.82 Å². The number of cyclic esters (lactones) is 1. The van der Waals surface area contributed by atoms with Crippen LogP contribution in [0.1, 0.15) is 50.0 Å². The van der Waals surface area contributed by atoms with Gasteiger partial charge in [-0.2, -0.15) is 10.4 Å². The second kappa shape index (κ2) is 7.61. The van der Waals surface area contributed by atoms with Gasteiger partial charge in [-0.05, 0) is 36.2 Å². The lowest BCUT2D eigenvalue weighted by Crippen LogP contribution is -2.34. The standard InChI is InChI=1S/C23H21N5O3/c1-14-17(3-4-18-19(14)13-31-23(18)30)21(29)12-27-7-6-20-16(11-27)10-26-28(20)22-5-2-15(8-24)9-25-22/h2-5,9-10,21,29H,6-7,11-13H2,1H3/t21-/m0/s1. The summed E-state index contributed by atoms with van der Waals surface area (Å²) < 4.78 is 6.94. The summed E-state index contributed by atoms with van der Waals surface area (Å²) in [5.41, 5.74) is 5.96. The first kappa shape index (κ1) is 19.4. The van der Waals surface area contributed by atoms with E-state index in [2.05, 4.69) is 21.1 Å². The predicted molar refractivity (Wildman–Crippen MR) is 110 cm³/mol. The van der Waals surface area contributed by atoms with Crippen molar-refractivity contribution in [1.82, 2.24) is 19.7 Å². The Morgan fingerprint density at radius 1 is 1.29 bits per heavy atom. The molecule has 0 bridgehead atoms. The SMILES string of the molecule is Cc1c([C@@H](O)CN2CCc3c(cnn3-c3ccc(C#N)cn3)C2)ccc2c1COC2=O. The smallest absolute Gasteiger partial charge is 0.338 e. The molecule has 1 aromatic carbocycles. The van der Waals surface area contributed by atoms with E-state index in [1.807, 2.05) is 23.9 Å². The Morgan fingerprint density at radius 3 is 2.94 bits per heavy atom. The van der Waals surface area contributed by atoms with Crippen LogP contribution in [-0.4, -0.2) is 43.8 Å². The highest BCUT2D eigenvalue weighted by molar-refractivity contribution is 5.93. The lowest BCUT2D eigenvalue weighted by Gasteiger charge is -2.29.